The number of benzene rings is 1. The molecule has 0 aromatic heterocycles. The van der Waals surface area contributed by atoms with Gasteiger partial charge in [0.15, 0.2) is 0 Å². The molecule has 0 saturated heterocycles. The highest BCUT2D eigenvalue weighted by Gasteiger charge is 2.09. The molecule has 0 radical (unpaired) electrons. The Kier molecular flexibility index (Phi) is 5.53. The Morgan fingerprint density at radius 3 is 2.50 bits per heavy atom. The van der Waals surface area contributed by atoms with Crippen molar-refractivity contribution in [2.45, 2.75) is 6.92 Å². The lowest BCUT2D eigenvalue weighted by Crippen LogP contribution is -2.32. The first kappa shape index (κ1) is 12.7. The molecule has 1 aromatic rings. The zero-order chi connectivity index (χ0) is 11.8. The second kappa shape index (κ2) is 6.98. The monoisotopic (exact) mass is 222 g/mol. The zero-order valence-corrected chi connectivity index (χ0v) is 9.50. The first-order valence-electron chi connectivity index (χ1n) is 5.41. The van der Waals surface area contributed by atoms with Crippen molar-refractivity contribution in [3.8, 4) is 0 Å². The van der Waals surface area contributed by atoms with Crippen LogP contribution in [0.4, 0.5) is 0 Å². The van der Waals surface area contributed by atoms with Crippen LogP contribution in [0.15, 0.2) is 35.5 Å². The molecule has 0 aliphatic rings. The van der Waals surface area contributed by atoms with Crippen LogP contribution < -0.4 is 0 Å². The van der Waals surface area contributed by atoms with Gasteiger partial charge in [-0.3, -0.25) is 4.90 Å². The van der Waals surface area contributed by atoms with E-state index in [2.05, 4.69) is 5.16 Å². The lowest BCUT2D eigenvalue weighted by atomic mass is 10.1. The maximum absolute atomic E-state index is 8.99. The number of oxime groups is 1. The predicted octanol–water partition coefficient (Wildman–Crippen LogP) is 1.18. The highest BCUT2D eigenvalue weighted by Crippen LogP contribution is 2.03. The van der Waals surface area contributed by atoms with Gasteiger partial charge in [-0.15, -0.1) is 0 Å². The van der Waals surface area contributed by atoms with Crippen molar-refractivity contribution in [3.05, 3.63) is 35.9 Å². The van der Waals surface area contributed by atoms with Crippen molar-refractivity contribution in [2.24, 2.45) is 5.16 Å². The van der Waals surface area contributed by atoms with Gasteiger partial charge in [-0.25, -0.2) is 0 Å². The maximum Gasteiger partial charge on any atom is 0.101 e. The van der Waals surface area contributed by atoms with E-state index in [0.717, 1.165) is 12.1 Å². The van der Waals surface area contributed by atoms with E-state index in [1.807, 2.05) is 42.2 Å². The van der Waals surface area contributed by atoms with E-state index in [-0.39, 0.29) is 6.61 Å². The molecule has 4 heteroatoms. The molecule has 0 amide bonds. The number of nitrogens with zero attached hydrogens (tertiary/aromatic N) is 2. The Morgan fingerprint density at radius 1 is 1.31 bits per heavy atom. The Labute approximate surface area is 95.8 Å². The second-order valence-electron chi connectivity index (χ2n) is 3.51. The van der Waals surface area contributed by atoms with E-state index < -0.39 is 0 Å². The molecule has 0 fully saturated rings. The Bertz CT molecular complexity index is 325. The molecule has 0 unspecified atom stereocenters. The Balaban J connectivity index is 2.70. The summed E-state index contributed by atoms with van der Waals surface area (Å²) >= 11 is 0. The molecular weight excluding hydrogens is 204 g/mol. The van der Waals surface area contributed by atoms with Gasteiger partial charge < -0.3 is 10.3 Å². The summed E-state index contributed by atoms with van der Waals surface area (Å²) in [4.78, 5) is 2.02. The van der Waals surface area contributed by atoms with Gasteiger partial charge in [0.2, 0.25) is 0 Å². The topological polar surface area (TPSA) is 56.1 Å². The van der Waals surface area contributed by atoms with Gasteiger partial charge in [-0.05, 0) is 6.54 Å². The van der Waals surface area contributed by atoms with Gasteiger partial charge >= 0.3 is 0 Å². The van der Waals surface area contributed by atoms with Crippen molar-refractivity contribution in [2.75, 3.05) is 26.2 Å². The summed E-state index contributed by atoms with van der Waals surface area (Å²) in [5.74, 6) is 0. The average molecular weight is 222 g/mol. The summed E-state index contributed by atoms with van der Waals surface area (Å²) in [6, 6.07) is 9.54. The summed E-state index contributed by atoms with van der Waals surface area (Å²) < 4.78 is 0. The summed E-state index contributed by atoms with van der Waals surface area (Å²) in [5, 5.41) is 21.2. The molecule has 4 nitrogen and oxygen atoms in total. The minimum atomic E-state index is 0.112. The lowest BCUT2D eigenvalue weighted by molar-refractivity contribution is 0.216. The van der Waals surface area contributed by atoms with Crippen LogP contribution in [0.25, 0.3) is 0 Å². The number of aliphatic hydroxyl groups is 1. The fourth-order valence-electron chi connectivity index (χ4n) is 1.51. The average Bonchev–Trinajstić information content (AvgIpc) is 2.35. The molecule has 0 aliphatic heterocycles. The Hall–Kier alpha value is -1.39. The molecule has 1 rings (SSSR count). The van der Waals surface area contributed by atoms with Crippen molar-refractivity contribution < 1.29 is 10.3 Å². The summed E-state index contributed by atoms with van der Waals surface area (Å²) in [6.45, 7) is 4.06. The molecule has 0 atom stereocenters. The van der Waals surface area contributed by atoms with E-state index in [1.165, 1.54) is 0 Å². The van der Waals surface area contributed by atoms with Crippen LogP contribution >= 0.6 is 0 Å². The quantitative estimate of drug-likeness (QED) is 0.432. The van der Waals surface area contributed by atoms with E-state index in [1.54, 1.807) is 0 Å². The van der Waals surface area contributed by atoms with E-state index in [9.17, 15) is 0 Å². The maximum atomic E-state index is 8.99. The van der Waals surface area contributed by atoms with Gasteiger partial charge in [0.05, 0.1) is 6.61 Å². The van der Waals surface area contributed by atoms with Crippen LogP contribution in [0.3, 0.4) is 0 Å². The second-order valence-corrected chi connectivity index (χ2v) is 3.51. The third-order valence-electron chi connectivity index (χ3n) is 2.46. The molecule has 2 N–H and O–H groups in total. The molecule has 0 heterocycles. The zero-order valence-electron chi connectivity index (χ0n) is 9.50. The molecule has 16 heavy (non-hydrogen) atoms. The van der Waals surface area contributed by atoms with Crippen LogP contribution in [0.1, 0.15) is 12.5 Å². The van der Waals surface area contributed by atoms with Crippen LogP contribution in [0.2, 0.25) is 0 Å². The minimum Gasteiger partial charge on any atom is -0.411 e. The molecule has 0 bridgehead atoms. The van der Waals surface area contributed by atoms with Gasteiger partial charge in [0, 0.05) is 18.7 Å². The summed E-state index contributed by atoms with van der Waals surface area (Å²) in [5.41, 5.74) is 1.53. The summed E-state index contributed by atoms with van der Waals surface area (Å²) in [6.07, 6.45) is 0. The molecule has 1 aromatic carbocycles. The van der Waals surface area contributed by atoms with Crippen molar-refractivity contribution >= 4 is 5.71 Å². The van der Waals surface area contributed by atoms with Gasteiger partial charge in [0.1, 0.15) is 5.71 Å². The highest BCUT2D eigenvalue weighted by molar-refractivity contribution is 6.01. The fraction of sp³-hybridized carbons (Fsp3) is 0.417. The third-order valence-corrected chi connectivity index (χ3v) is 2.46. The van der Waals surface area contributed by atoms with E-state index >= 15 is 0 Å². The Morgan fingerprint density at radius 2 is 2.00 bits per heavy atom. The number of hydrogen-bond donors (Lipinski definition) is 2. The molecule has 88 valence electrons. The highest BCUT2D eigenvalue weighted by atomic mass is 16.4. The van der Waals surface area contributed by atoms with E-state index in [0.29, 0.717) is 18.8 Å². The van der Waals surface area contributed by atoms with Crippen LogP contribution in [0, 0.1) is 0 Å². The fourth-order valence-corrected chi connectivity index (χ4v) is 1.51. The van der Waals surface area contributed by atoms with E-state index in [4.69, 9.17) is 10.3 Å². The standard InChI is InChI=1S/C12H18N2O2/c1-2-14(8-9-15)10-12(13-16)11-6-4-3-5-7-11/h3-7,15-16H,2,8-10H2,1H3/b13-12+. The van der Waals surface area contributed by atoms with Gasteiger partial charge in [-0.2, -0.15) is 0 Å². The van der Waals surface area contributed by atoms with Gasteiger partial charge in [-0.1, -0.05) is 42.4 Å². The number of likely N-dealkylation sites (N-methyl/N-ethyl adjacent to an activating group) is 1. The minimum absolute atomic E-state index is 0.112. The summed E-state index contributed by atoms with van der Waals surface area (Å²) in [7, 11) is 0. The normalized spacial score (nSPS) is 12.1. The third kappa shape index (κ3) is 3.64. The molecule has 0 saturated carbocycles. The predicted molar refractivity (Wildman–Crippen MR) is 64.0 cm³/mol. The smallest absolute Gasteiger partial charge is 0.101 e. The van der Waals surface area contributed by atoms with Crippen LogP contribution in [-0.4, -0.2) is 47.2 Å². The van der Waals surface area contributed by atoms with Crippen molar-refractivity contribution in [1.29, 1.82) is 0 Å². The molecular formula is C12H18N2O2. The molecule has 0 spiro atoms. The SMILES string of the molecule is CCN(CCO)C/C(=N\O)c1ccccc1. The van der Waals surface area contributed by atoms with Crippen LogP contribution in [0.5, 0.6) is 0 Å². The number of aliphatic hydroxyl groups excluding tert-OH is 1. The largest absolute Gasteiger partial charge is 0.411 e. The van der Waals surface area contributed by atoms with Crippen LogP contribution in [-0.2, 0) is 0 Å². The van der Waals surface area contributed by atoms with Crippen molar-refractivity contribution in [1.82, 2.24) is 4.90 Å². The van der Waals surface area contributed by atoms with Gasteiger partial charge in [0.25, 0.3) is 0 Å². The number of hydrogen-bond acceptors (Lipinski definition) is 4. The lowest BCUT2D eigenvalue weighted by Gasteiger charge is -2.19. The first-order valence-corrected chi connectivity index (χ1v) is 5.41. The number of rotatable bonds is 6. The van der Waals surface area contributed by atoms with Crippen molar-refractivity contribution in [3.63, 3.8) is 0 Å². The first-order chi connectivity index (χ1) is 7.81. The molecule has 0 aliphatic carbocycles.